The molecule has 23 heavy (non-hydrogen) atoms. The highest BCUT2D eigenvalue weighted by molar-refractivity contribution is 7.89. The smallest absolute Gasteiger partial charge is 0.211 e. The number of sulfonamides is 1. The van der Waals surface area contributed by atoms with Crippen molar-refractivity contribution in [2.24, 2.45) is 0 Å². The van der Waals surface area contributed by atoms with E-state index in [0.717, 1.165) is 30.1 Å². The maximum atomic E-state index is 12.5. The van der Waals surface area contributed by atoms with Gasteiger partial charge in [0.15, 0.2) is 0 Å². The van der Waals surface area contributed by atoms with Crippen LogP contribution in [-0.2, 0) is 16.4 Å². The first-order valence-electron chi connectivity index (χ1n) is 7.33. The van der Waals surface area contributed by atoms with Gasteiger partial charge in [0.05, 0.1) is 11.7 Å². The predicted molar refractivity (Wildman–Crippen MR) is 92.1 cm³/mol. The zero-order valence-electron chi connectivity index (χ0n) is 12.7. The summed E-state index contributed by atoms with van der Waals surface area (Å²) in [6.45, 7) is 2.29. The van der Waals surface area contributed by atoms with E-state index in [2.05, 4.69) is 13.5 Å². The molecule has 0 radical (unpaired) electrons. The van der Waals surface area contributed by atoms with Crippen LogP contribution in [0.5, 0.6) is 0 Å². The topological polar surface area (TPSA) is 72.0 Å². The molecule has 0 atom stereocenters. The van der Waals surface area contributed by atoms with Crippen LogP contribution < -0.4 is 4.72 Å². The van der Waals surface area contributed by atoms with Crippen molar-refractivity contribution in [3.8, 4) is 0 Å². The minimum atomic E-state index is -3.57. The Morgan fingerprint density at radius 2 is 1.78 bits per heavy atom. The number of nitrogens with zero attached hydrogens (tertiary/aromatic N) is 2. The van der Waals surface area contributed by atoms with Gasteiger partial charge in [0.2, 0.25) is 10.0 Å². The number of hydrogen-bond donors (Lipinski definition) is 1. The second-order valence-electron chi connectivity index (χ2n) is 5.33. The van der Waals surface area contributed by atoms with Crippen LogP contribution in [0.2, 0.25) is 0 Å². The average Bonchev–Trinajstić information content (AvgIpc) is 3.03. The van der Waals surface area contributed by atoms with Crippen LogP contribution >= 0.6 is 11.7 Å². The fourth-order valence-corrected chi connectivity index (χ4v) is 4.30. The number of aromatic nitrogens is 2. The molecule has 0 fully saturated rings. The van der Waals surface area contributed by atoms with E-state index in [-0.39, 0.29) is 4.90 Å². The maximum Gasteiger partial charge on any atom is 0.242 e. The number of nitrogens with one attached hydrogen (secondary N) is 1. The van der Waals surface area contributed by atoms with Crippen LogP contribution in [0.15, 0.2) is 47.4 Å². The molecule has 0 spiro atoms. The van der Waals surface area contributed by atoms with Gasteiger partial charge in [0, 0.05) is 6.54 Å². The quantitative estimate of drug-likeness (QED) is 0.696. The lowest BCUT2D eigenvalue weighted by Crippen LogP contribution is -2.25. The molecule has 1 heterocycles. The molecule has 120 valence electrons. The molecule has 0 aliphatic rings. The summed E-state index contributed by atoms with van der Waals surface area (Å²) in [5.41, 5.74) is 3.23. The molecular formula is C16H17N3O2S2. The molecule has 0 bridgehead atoms. The molecule has 0 amide bonds. The number of aryl methyl sites for hydroxylation is 2. The van der Waals surface area contributed by atoms with Crippen LogP contribution in [0.1, 0.15) is 17.5 Å². The summed E-state index contributed by atoms with van der Waals surface area (Å²) in [4.78, 5) is 0.201. The van der Waals surface area contributed by atoms with Crippen LogP contribution in [0, 0.1) is 6.92 Å². The van der Waals surface area contributed by atoms with E-state index in [0.29, 0.717) is 17.6 Å². The third-order valence-corrected chi connectivity index (χ3v) is 5.67. The highest BCUT2D eigenvalue weighted by Gasteiger charge is 2.20. The Bertz CT molecular complexity index is 905. The Morgan fingerprint density at radius 3 is 2.57 bits per heavy atom. The minimum absolute atomic E-state index is 0.201. The molecular weight excluding hydrogens is 330 g/mol. The van der Waals surface area contributed by atoms with Gasteiger partial charge in [0.1, 0.15) is 15.9 Å². The van der Waals surface area contributed by atoms with Crippen molar-refractivity contribution in [1.29, 1.82) is 0 Å². The highest BCUT2D eigenvalue weighted by atomic mass is 32.2. The molecule has 0 unspecified atom stereocenters. The summed E-state index contributed by atoms with van der Waals surface area (Å²) < 4.78 is 35.9. The normalized spacial score (nSPS) is 11.9. The maximum absolute atomic E-state index is 12.5. The van der Waals surface area contributed by atoms with E-state index in [1.54, 1.807) is 12.1 Å². The monoisotopic (exact) mass is 347 g/mol. The molecule has 5 nitrogen and oxygen atoms in total. The van der Waals surface area contributed by atoms with E-state index in [4.69, 9.17) is 0 Å². The molecule has 7 heteroatoms. The van der Waals surface area contributed by atoms with E-state index < -0.39 is 10.0 Å². The van der Waals surface area contributed by atoms with E-state index in [9.17, 15) is 8.42 Å². The van der Waals surface area contributed by atoms with Gasteiger partial charge >= 0.3 is 0 Å². The summed E-state index contributed by atoms with van der Waals surface area (Å²) >= 11 is 1.03. The molecule has 0 aliphatic heterocycles. The zero-order chi connectivity index (χ0) is 16.3. The Morgan fingerprint density at radius 1 is 1.04 bits per heavy atom. The third-order valence-electron chi connectivity index (χ3n) is 3.65. The molecule has 2 aromatic carbocycles. The summed E-state index contributed by atoms with van der Waals surface area (Å²) in [7, 11) is -3.57. The van der Waals surface area contributed by atoms with Crippen LogP contribution in [0.25, 0.3) is 11.0 Å². The second-order valence-corrected chi connectivity index (χ2v) is 7.59. The fraction of sp³-hybridized carbons (Fsp3) is 0.250. The van der Waals surface area contributed by atoms with E-state index >= 15 is 0 Å². The van der Waals surface area contributed by atoms with Gasteiger partial charge in [-0.15, -0.1) is 0 Å². The molecule has 1 aromatic heterocycles. The number of rotatable bonds is 6. The first-order chi connectivity index (χ1) is 11.1. The molecule has 3 rings (SSSR count). The molecule has 1 N–H and O–H groups in total. The van der Waals surface area contributed by atoms with Crippen LogP contribution in [0.4, 0.5) is 0 Å². The Hall–Kier alpha value is -1.83. The molecule has 3 aromatic rings. The van der Waals surface area contributed by atoms with Crippen molar-refractivity contribution in [2.75, 3.05) is 6.54 Å². The Balaban J connectivity index is 1.69. The number of fused-ring (bicyclic) bond motifs is 1. The van der Waals surface area contributed by atoms with Crippen molar-refractivity contribution in [1.82, 2.24) is 13.5 Å². The third kappa shape index (κ3) is 3.57. The van der Waals surface area contributed by atoms with Gasteiger partial charge < -0.3 is 0 Å². The first kappa shape index (κ1) is 16.0. The SMILES string of the molecule is Cc1ccc(S(=O)(=O)NCCCc2ccccc2)c2nsnc12. The largest absolute Gasteiger partial charge is 0.242 e. The molecule has 0 saturated carbocycles. The predicted octanol–water partition coefficient (Wildman–Crippen LogP) is 2.91. The fourth-order valence-electron chi connectivity index (χ4n) is 2.41. The van der Waals surface area contributed by atoms with Crippen molar-refractivity contribution < 1.29 is 8.42 Å². The van der Waals surface area contributed by atoms with Crippen molar-refractivity contribution in [3.05, 3.63) is 53.6 Å². The van der Waals surface area contributed by atoms with Gasteiger partial charge in [-0.2, -0.15) is 8.75 Å². The van der Waals surface area contributed by atoms with Crippen LogP contribution in [0.3, 0.4) is 0 Å². The van der Waals surface area contributed by atoms with Gasteiger partial charge in [-0.05, 0) is 37.0 Å². The minimum Gasteiger partial charge on any atom is -0.211 e. The molecule has 0 saturated heterocycles. The van der Waals surface area contributed by atoms with Crippen LogP contribution in [-0.4, -0.2) is 23.7 Å². The Labute approximate surface area is 139 Å². The molecule has 0 aliphatic carbocycles. The van der Waals surface area contributed by atoms with Gasteiger partial charge in [-0.1, -0.05) is 36.4 Å². The summed E-state index contributed by atoms with van der Waals surface area (Å²) in [5.74, 6) is 0. The lowest BCUT2D eigenvalue weighted by Gasteiger charge is -2.08. The Kier molecular flexibility index (Phi) is 4.70. The lowest BCUT2D eigenvalue weighted by atomic mass is 10.1. The van der Waals surface area contributed by atoms with E-state index in [1.165, 1.54) is 5.56 Å². The number of benzene rings is 2. The standard InChI is InChI=1S/C16H17N3O2S2/c1-12-9-10-14(16-15(12)18-22-19-16)23(20,21)17-11-5-8-13-6-3-2-4-7-13/h2-4,6-7,9-10,17H,5,8,11H2,1H3. The van der Waals surface area contributed by atoms with Gasteiger partial charge in [0.25, 0.3) is 0 Å². The highest BCUT2D eigenvalue weighted by Crippen LogP contribution is 2.24. The number of hydrogen-bond acceptors (Lipinski definition) is 5. The summed E-state index contributed by atoms with van der Waals surface area (Å²) in [6.07, 6.45) is 1.58. The van der Waals surface area contributed by atoms with Gasteiger partial charge in [-0.25, -0.2) is 13.1 Å². The van der Waals surface area contributed by atoms with E-state index in [1.807, 2.05) is 37.3 Å². The second kappa shape index (κ2) is 6.74. The van der Waals surface area contributed by atoms with Crippen molar-refractivity contribution in [3.63, 3.8) is 0 Å². The van der Waals surface area contributed by atoms with Crippen molar-refractivity contribution >= 4 is 32.8 Å². The zero-order valence-corrected chi connectivity index (χ0v) is 14.3. The first-order valence-corrected chi connectivity index (χ1v) is 9.55. The summed E-state index contributed by atoms with van der Waals surface area (Å²) in [6, 6.07) is 13.4. The van der Waals surface area contributed by atoms with Crippen molar-refractivity contribution in [2.45, 2.75) is 24.7 Å². The lowest BCUT2D eigenvalue weighted by molar-refractivity contribution is 0.580. The summed E-state index contributed by atoms with van der Waals surface area (Å²) in [5, 5.41) is 0. The average molecular weight is 347 g/mol. The van der Waals surface area contributed by atoms with Gasteiger partial charge in [-0.3, -0.25) is 0 Å².